The molecule has 2 fully saturated rings. The molecule has 0 aromatic heterocycles. The van der Waals surface area contributed by atoms with Crippen molar-refractivity contribution >= 4 is 35.9 Å². The Balaban J connectivity index is 2.20. The van der Waals surface area contributed by atoms with Crippen molar-refractivity contribution in [2.75, 3.05) is 12.9 Å². The molecule has 2 rings (SSSR count). The van der Waals surface area contributed by atoms with Crippen LogP contribution in [0, 0.1) is 0 Å². The fourth-order valence-corrected chi connectivity index (χ4v) is 5.25. The van der Waals surface area contributed by atoms with Crippen LogP contribution in [0.3, 0.4) is 0 Å². The molecule has 0 aliphatic carbocycles. The van der Waals surface area contributed by atoms with Crippen LogP contribution in [0.4, 0.5) is 14.4 Å². The van der Waals surface area contributed by atoms with Gasteiger partial charge in [0.25, 0.3) is 0 Å². The van der Waals surface area contributed by atoms with E-state index < -0.39 is 41.5 Å². The third-order valence-corrected chi connectivity index (χ3v) is 6.30. The number of rotatable bonds is 5. The molecule has 0 aromatic carbocycles. The molecule has 0 bridgehead atoms. The van der Waals surface area contributed by atoms with E-state index in [1.165, 1.54) is 7.11 Å². The number of hydrogen-bond donors (Lipinski definition) is 0. The summed E-state index contributed by atoms with van der Waals surface area (Å²) in [5, 5.41) is -0.0634. The largest absolute Gasteiger partial charge is 0.469 e. The quantitative estimate of drug-likeness (QED) is 0.262. The molecular weight excluding hydrogens is 424 g/mol. The minimum absolute atomic E-state index is 0.0634. The van der Waals surface area contributed by atoms with Crippen molar-refractivity contribution in [1.82, 2.24) is 9.80 Å². The molecule has 3 atom stereocenters. The molecule has 2 aliphatic heterocycles. The van der Waals surface area contributed by atoms with Gasteiger partial charge >= 0.3 is 24.2 Å². The topological polar surface area (TPSA) is 102 Å². The number of carbonyl (C=O) groups excluding carboxylic acids is 4. The summed E-state index contributed by atoms with van der Waals surface area (Å²) in [7, 11) is 1.36. The van der Waals surface area contributed by atoms with Crippen LogP contribution < -0.4 is 0 Å². The number of methoxy groups -OCH3 is 1. The predicted molar refractivity (Wildman–Crippen MR) is 116 cm³/mol. The van der Waals surface area contributed by atoms with Crippen molar-refractivity contribution in [3.63, 3.8) is 0 Å². The van der Waals surface area contributed by atoms with Crippen molar-refractivity contribution in [1.29, 1.82) is 0 Å². The van der Waals surface area contributed by atoms with Crippen LogP contribution in [0.25, 0.3) is 0 Å². The van der Waals surface area contributed by atoms with Gasteiger partial charge in [0.1, 0.15) is 11.2 Å². The van der Waals surface area contributed by atoms with Crippen molar-refractivity contribution in [3.05, 3.63) is 0 Å². The first-order valence-corrected chi connectivity index (χ1v) is 11.6. The SMILES string of the molecule is COC(=O)CCCC[C@@H]1SC[C@H]2[C@@H]1N(C(=O)OC(C)(C)C)C(=O)N2C(=O)OC(C)(C)C. The van der Waals surface area contributed by atoms with Crippen LogP contribution in [0.5, 0.6) is 0 Å². The predicted octanol–water partition coefficient (Wildman–Crippen LogP) is 4.18. The Hall–Kier alpha value is -1.97. The lowest BCUT2D eigenvalue weighted by Gasteiger charge is -2.28. The van der Waals surface area contributed by atoms with Gasteiger partial charge in [-0.25, -0.2) is 24.2 Å². The summed E-state index contributed by atoms with van der Waals surface area (Å²) >= 11 is 1.61. The first-order valence-electron chi connectivity index (χ1n) is 10.5. The summed E-state index contributed by atoms with van der Waals surface area (Å²) in [6.07, 6.45) is 0.875. The Morgan fingerprint density at radius 2 is 1.52 bits per heavy atom. The van der Waals surface area contributed by atoms with Gasteiger partial charge in [-0.05, 0) is 54.4 Å². The number of hydrogen-bond acceptors (Lipinski definition) is 8. The number of thioether (sulfide) groups is 1. The highest BCUT2D eigenvalue weighted by atomic mass is 32.2. The second-order valence-corrected chi connectivity index (χ2v) is 11.0. The average Bonchev–Trinajstić information content (AvgIpc) is 3.11. The van der Waals surface area contributed by atoms with Gasteiger partial charge in [-0.15, -0.1) is 0 Å². The lowest BCUT2D eigenvalue weighted by Crippen LogP contribution is -2.47. The third-order valence-electron chi connectivity index (χ3n) is 4.83. The Kier molecular flexibility index (Phi) is 7.89. The van der Waals surface area contributed by atoms with Gasteiger partial charge < -0.3 is 14.2 Å². The van der Waals surface area contributed by atoms with Crippen molar-refractivity contribution in [2.24, 2.45) is 0 Å². The summed E-state index contributed by atoms with van der Waals surface area (Å²) in [6, 6.07) is -1.69. The van der Waals surface area contributed by atoms with E-state index in [-0.39, 0.29) is 11.2 Å². The maximum atomic E-state index is 13.2. The zero-order chi connectivity index (χ0) is 23.6. The number of imide groups is 2. The lowest BCUT2D eigenvalue weighted by atomic mass is 10.0. The summed E-state index contributed by atoms with van der Waals surface area (Å²) in [5.41, 5.74) is -1.56. The molecule has 0 radical (unpaired) electrons. The molecule has 0 N–H and O–H groups in total. The molecule has 31 heavy (non-hydrogen) atoms. The molecule has 10 heteroatoms. The highest BCUT2D eigenvalue weighted by Crippen LogP contribution is 2.42. The molecule has 0 spiro atoms. The van der Waals surface area contributed by atoms with E-state index in [0.717, 1.165) is 16.2 Å². The Morgan fingerprint density at radius 1 is 0.968 bits per heavy atom. The standard InChI is InChI=1S/C21H34N2O7S/c1-20(2,3)29-18(26)22-13-12-31-14(10-8-9-11-15(24)28-7)16(13)23(17(22)25)19(27)30-21(4,5)6/h13-14,16H,8-12H2,1-7H3/t13-,14-,16-/m0/s1. The molecule has 0 aromatic rings. The van der Waals surface area contributed by atoms with Gasteiger partial charge in [-0.3, -0.25) is 4.79 Å². The molecule has 2 aliphatic rings. The molecule has 2 saturated heterocycles. The highest BCUT2D eigenvalue weighted by molar-refractivity contribution is 8.00. The fraction of sp³-hybridized carbons (Fsp3) is 0.810. The van der Waals surface area contributed by atoms with E-state index in [2.05, 4.69) is 4.74 Å². The molecule has 2 heterocycles. The van der Waals surface area contributed by atoms with E-state index in [4.69, 9.17) is 9.47 Å². The van der Waals surface area contributed by atoms with Gasteiger partial charge in [0.2, 0.25) is 0 Å². The van der Waals surface area contributed by atoms with Crippen LogP contribution in [0.15, 0.2) is 0 Å². The number of unbranched alkanes of at least 4 members (excludes halogenated alkanes) is 1. The average molecular weight is 459 g/mol. The minimum Gasteiger partial charge on any atom is -0.469 e. The van der Waals surface area contributed by atoms with Gasteiger partial charge in [0, 0.05) is 17.4 Å². The van der Waals surface area contributed by atoms with Gasteiger partial charge in [-0.1, -0.05) is 6.42 Å². The van der Waals surface area contributed by atoms with Crippen LogP contribution >= 0.6 is 11.8 Å². The van der Waals surface area contributed by atoms with E-state index >= 15 is 0 Å². The van der Waals surface area contributed by atoms with E-state index in [9.17, 15) is 19.2 Å². The van der Waals surface area contributed by atoms with Gasteiger partial charge in [0.15, 0.2) is 0 Å². The zero-order valence-corrected chi connectivity index (χ0v) is 20.2. The third kappa shape index (κ3) is 6.51. The van der Waals surface area contributed by atoms with Gasteiger partial charge in [-0.2, -0.15) is 11.8 Å². The number of urea groups is 1. The Morgan fingerprint density at radius 3 is 2.03 bits per heavy atom. The van der Waals surface area contributed by atoms with Crippen molar-refractivity contribution < 1.29 is 33.4 Å². The molecule has 4 amide bonds. The van der Waals surface area contributed by atoms with Crippen LogP contribution in [0.2, 0.25) is 0 Å². The van der Waals surface area contributed by atoms with Gasteiger partial charge in [0.05, 0.1) is 19.2 Å². The summed E-state index contributed by atoms with van der Waals surface area (Å²) < 4.78 is 15.6. The second kappa shape index (κ2) is 9.67. The van der Waals surface area contributed by atoms with E-state index in [1.54, 1.807) is 53.3 Å². The second-order valence-electron chi connectivity index (χ2n) is 9.73. The van der Waals surface area contributed by atoms with Crippen molar-refractivity contribution in [2.45, 2.75) is 95.8 Å². The molecule has 176 valence electrons. The first-order chi connectivity index (χ1) is 14.2. The van der Waals surface area contributed by atoms with Crippen LogP contribution in [-0.4, -0.2) is 75.4 Å². The van der Waals surface area contributed by atoms with Crippen molar-refractivity contribution in [3.8, 4) is 0 Å². The first kappa shape index (κ1) is 25.3. The number of esters is 1. The number of fused-ring (bicyclic) bond motifs is 1. The highest BCUT2D eigenvalue weighted by Gasteiger charge is 2.59. The zero-order valence-electron chi connectivity index (χ0n) is 19.4. The summed E-state index contributed by atoms with van der Waals surface area (Å²) in [5.74, 6) is 0.246. The van der Waals surface area contributed by atoms with E-state index in [0.29, 0.717) is 25.0 Å². The molecular formula is C21H34N2O7S. The smallest absolute Gasteiger partial charge is 0.418 e. The number of nitrogens with zero attached hydrogens (tertiary/aromatic N) is 2. The summed E-state index contributed by atoms with van der Waals surface area (Å²) in [4.78, 5) is 52.3. The number of carbonyl (C=O) groups is 4. The number of ether oxygens (including phenoxy) is 3. The minimum atomic E-state index is -0.784. The monoisotopic (exact) mass is 458 g/mol. The maximum Gasteiger partial charge on any atom is 0.418 e. The molecule has 0 saturated carbocycles. The normalized spacial score (nSPS) is 23.6. The van der Waals surface area contributed by atoms with Crippen LogP contribution in [0.1, 0.15) is 67.2 Å². The fourth-order valence-electron chi connectivity index (χ4n) is 3.62. The number of amides is 4. The molecule has 0 unspecified atom stereocenters. The molecule has 9 nitrogen and oxygen atoms in total. The van der Waals surface area contributed by atoms with Crippen LogP contribution in [-0.2, 0) is 19.0 Å². The lowest BCUT2D eigenvalue weighted by molar-refractivity contribution is -0.140. The Labute approximate surface area is 188 Å². The van der Waals surface area contributed by atoms with E-state index in [1.807, 2.05) is 0 Å². The maximum absolute atomic E-state index is 13.2. The summed E-state index contributed by atoms with van der Waals surface area (Å²) in [6.45, 7) is 10.3. The Bertz CT molecular complexity index is 713.